The van der Waals surface area contributed by atoms with Crippen molar-refractivity contribution in [2.45, 2.75) is 96.8 Å². The molecule has 1 aromatic carbocycles. The van der Waals surface area contributed by atoms with Gasteiger partial charge in [-0.05, 0) is 6.42 Å². The van der Waals surface area contributed by atoms with E-state index in [-0.39, 0.29) is 24.6 Å². The van der Waals surface area contributed by atoms with Gasteiger partial charge in [0.25, 0.3) is 0 Å². The lowest BCUT2D eigenvalue weighted by Crippen LogP contribution is -2.09. The number of rotatable bonds is 17. The molecule has 0 spiro atoms. The van der Waals surface area contributed by atoms with Crippen molar-refractivity contribution in [1.29, 1.82) is 0 Å². The number of unbranched alkanes of at least 4 members (excludes halogenated alkanes) is 11. The molecule has 27 heavy (non-hydrogen) atoms. The molecule has 0 saturated carbocycles. The summed E-state index contributed by atoms with van der Waals surface area (Å²) in [5, 5.41) is 0. The number of benzene rings is 1. The van der Waals surface area contributed by atoms with E-state index in [0.717, 1.165) is 12.8 Å². The first-order valence-electron chi connectivity index (χ1n) is 11.0. The second-order valence-electron chi connectivity index (χ2n) is 7.40. The maximum absolute atomic E-state index is 11.9. The monoisotopic (exact) mass is 374 g/mol. The summed E-state index contributed by atoms with van der Waals surface area (Å²) < 4.78 is 5.23. The van der Waals surface area contributed by atoms with Crippen LogP contribution >= 0.6 is 0 Å². The predicted octanol–water partition coefficient (Wildman–Crippen LogP) is 6.89. The Bertz CT molecular complexity index is 496. The molecule has 0 aliphatic rings. The van der Waals surface area contributed by atoms with Gasteiger partial charge < -0.3 is 4.74 Å². The van der Waals surface area contributed by atoms with E-state index in [2.05, 4.69) is 6.92 Å². The van der Waals surface area contributed by atoms with Crippen molar-refractivity contribution in [2.75, 3.05) is 6.61 Å². The van der Waals surface area contributed by atoms with Crippen LogP contribution in [0, 0.1) is 0 Å². The topological polar surface area (TPSA) is 43.4 Å². The van der Waals surface area contributed by atoms with E-state index < -0.39 is 0 Å². The molecule has 0 atom stereocenters. The smallest absolute Gasteiger partial charge is 0.306 e. The van der Waals surface area contributed by atoms with Crippen LogP contribution in [0.2, 0.25) is 0 Å². The molecule has 1 rings (SSSR count). The quantitative estimate of drug-likeness (QED) is 0.169. The van der Waals surface area contributed by atoms with Crippen molar-refractivity contribution >= 4 is 11.8 Å². The summed E-state index contributed by atoms with van der Waals surface area (Å²) in [6, 6.07) is 9.10. The van der Waals surface area contributed by atoms with Crippen LogP contribution in [0.3, 0.4) is 0 Å². The van der Waals surface area contributed by atoms with E-state index in [1.54, 1.807) is 12.1 Å². The number of ether oxygens (including phenoxy) is 1. The molecule has 152 valence electrons. The molecular weight excluding hydrogens is 336 g/mol. The van der Waals surface area contributed by atoms with Gasteiger partial charge >= 0.3 is 5.97 Å². The largest absolute Gasteiger partial charge is 0.466 e. The fourth-order valence-electron chi connectivity index (χ4n) is 3.19. The van der Waals surface area contributed by atoms with E-state index in [0.29, 0.717) is 12.2 Å². The Morgan fingerprint density at radius 1 is 0.704 bits per heavy atom. The molecule has 0 aromatic heterocycles. The summed E-state index contributed by atoms with van der Waals surface area (Å²) in [4.78, 5) is 23.6. The fraction of sp³-hybridized carbons (Fsp3) is 0.667. The molecular formula is C24H38O3. The van der Waals surface area contributed by atoms with Crippen molar-refractivity contribution in [3.05, 3.63) is 35.9 Å². The highest BCUT2D eigenvalue weighted by atomic mass is 16.5. The van der Waals surface area contributed by atoms with Gasteiger partial charge in [-0.25, -0.2) is 0 Å². The Kier molecular flexibility index (Phi) is 14.3. The molecule has 0 amide bonds. The van der Waals surface area contributed by atoms with Gasteiger partial charge in [0.2, 0.25) is 0 Å². The molecule has 1 aromatic rings. The molecule has 0 bridgehead atoms. The summed E-state index contributed by atoms with van der Waals surface area (Å²) in [6.07, 6.45) is 15.9. The Balaban J connectivity index is 1.86. The predicted molar refractivity (Wildman–Crippen MR) is 112 cm³/mol. The Hall–Kier alpha value is -1.64. The Labute approximate surface area is 165 Å². The third-order valence-electron chi connectivity index (χ3n) is 4.91. The maximum Gasteiger partial charge on any atom is 0.306 e. The zero-order chi connectivity index (χ0) is 19.6. The first kappa shape index (κ1) is 23.4. The zero-order valence-corrected chi connectivity index (χ0v) is 17.2. The van der Waals surface area contributed by atoms with Crippen molar-refractivity contribution in [3.63, 3.8) is 0 Å². The van der Waals surface area contributed by atoms with Crippen LogP contribution in [0.15, 0.2) is 30.3 Å². The lowest BCUT2D eigenvalue weighted by atomic mass is 10.1. The van der Waals surface area contributed by atoms with E-state index >= 15 is 0 Å². The number of hydrogen-bond acceptors (Lipinski definition) is 3. The van der Waals surface area contributed by atoms with Crippen LogP contribution in [-0.2, 0) is 9.53 Å². The van der Waals surface area contributed by atoms with Crippen molar-refractivity contribution in [1.82, 2.24) is 0 Å². The lowest BCUT2D eigenvalue weighted by Gasteiger charge is -2.05. The Morgan fingerprint density at radius 2 is 1.22 bits per heavy atom. The van der Waals surface area contributed by atoms with Crippen LogP contribution in [0.25, 0.3) is 0 Å². The van der Waals surface area contributed by atoms with E-state index in [1.165, 1.54) is 64.2 Å². The minimum absolute atomic E-state index is 0.00193. The SMILES string of the molecule is CCCCCCCCCCCCCCOC(=O)CCC(=O)c1ccccc1. The number of ketones is 1. The van der Waals surface area contributed by atoms with Crippen LogP contribution in [0.5, 0.6) is 0 Å². The molecule has 0 fully saturated rings. The number of carbonyl (C=O) groups is 2. The van der Waals surface area contributed by atoms with Gasteiger partial charge in [-0.15, -0.1) is 0 Å². The van der Waals surface area contributed by atoms with Crippen LogP contribution in [0.1, 0.15) is 107 Å². The van der Waals surface area contributed by atoms with Gasteiger partial charge in [0, 0.05) is 12.0 Å². The maximum atomic E-state index is 11.9. The molecule has 0 aliphatic heterocycles. The third-order valence-corrected chi connectivity index (χ3v) is 4.91. The molecule has 0 aliphatic carbocycles. The highest BCUT2D eigenvalue weighted by molar-refractivity contribution is 5.97. The molecule has 0 unspecified atom stereocenters. The standard InChI is InChI=1S/C24H38O3/c1-2-3-4-5-6-7-8-9-10-11-12-16-21-27-24(26)20-19-23(25)22-17-14-13-15-18-22/h13-15,17-18H,2-12,16,19-21H2,1H3. The van der Waals surface area contributed by atoms with Gasteiger partial charge in [-0.1, -0.05) is 108 Å². The van der Waals surface area contributed by atoms with Crippen LogP contribution < -0.4 is 0 Å². The van der Waals surface area contributed by atoms with Gasteiger partial charge in [0.05, 0.1) is 13.0 Å². The van der Waals surface area contributed by atoms with E-state index in [1.807, 2.05) is 18.2 Å². The first-order chi connectivity index (χ1) is 13.2. The molecule has 3 heteroatoms. The van der Waals surface area contributed by atoms with E-state index in [4.69, 9.17) is 4.74 Å². The molecule has 0 N–H and O–H groups in total. The zero-order valence-electron chi connectivity index (χ0n) is 17.2. The van der Waals surface area contributed by atoms with Gasteiger partial charge in [0.1, 0.15) is 0 Å². The van der Waals surface area contributed by atoms with Crippen molar-refractivity contribution in [3.8, 4) is 0 Å². The third kappa shape index (κ3) is 13.2. The average molecular weight is 375 g/mol. The molecule has 0 heterocycles. The van der Waals surface area contributed by atoms with E-state index in [9.17, 15) is 9.59 Å². The average Bonchev–Trinajstić information content (AvgIpc) is 2.70. The van der Waals surface area contributed by atoms with Crippen molar-refractivity contribution < 1.29 is 14.3 Å². The highest BCUT2D eigenvalue weighted by Crippen LogP contribution is 2.12. The molecule has 3 nitrogen and oxygen atoms in total. The number of esters is 1. The number of Topliss-reactive ketones (excluding diaryl/α,β-unsaturated/α-hetero) is 1. The Morgan fingerprint density at radius 3 is 1.78 bits per heavy atom. The summed E-state index contributed by atoms with van der Waals surface area (Å²) in [5.41, 5.74) is 0.659. The molecule has 0 saturated heterocycles. The minimum Gasteiger partial charge on any atom is -0.466 e. The number of hydrogen-bond donors (Lipinski definition) is 0. The first-order valence-corrected chi connectivity index (χ1v) is 11.0. The van der Waals surface area contributed by atoms with Crippen LogP contribution in [0.4, 0.5) is 0 Å². The van der Waals surface area contributed by atoms with Gasteiger partial charge in [-0.3, -0.25) is 9.59 Å². The van der Waals surface area contributed by atoms with Crippen molar-refractivity contribution in [2.24, 2.45) is 0 Å². The normalized spacial score (nSPS) is 10.7. The fourth-order valence-corrected chi connectivity index (χ4v) is 3.19. The second kappa shape index (κ2) is 16.5. The van der Waals surface area contributed by atoms with Gasteiger partial charge in [0.15, 0.2) is 5.78 Å². The summed E-state index contributed by atoms with van der Waals surface area (Å²) in [6.45, 7) is 2.74. The van der Waals surface area contributed by atoms with Gasteiger partial charge in [-0.2, -0.15) is 0 Å². The lowest BCUT2D eigenvalue weighted by molar-refractivity contribution is -0.143. The van der Waals surface area contributed by atoms with Crippen LogP contribution in [-0.4, -0.2) is 18.4 Å². The molecule has 0 radical (unpaired) electrons. The second-order valence-corrected chi connectivity index (χ2v) is 7.40. The minimum atomic E-state index is -0.262. The summed E-state index contributed by atoms with van der Waals surface area (Å²) in [7, 11) is 0. The summed E-state index contributed by atoms with van der Waals surface area (Å²) >= 11 is 0. The highest BCUT2D eigenvalue weighted by Gasteiger charge is 2.09. The number of carbonyl (C=O) groups excluding carboxylic acids is 2. The summed E-state index contributed by atoms with van der Waals surface area (Å²) in [5.74, 6) is -0.264.